The van der Waals surface area contributed by atoms with E-state index in [2.05, 4.69) is 18.8 Å². The van der Waals surface area contributed by atoms with E-state index in [1.54, 1.807) is 30.3 Å². The number of nitrogens with zero attached hydrogens (tertiary/aromatic N) is 3. The summed E-state index contributed by atoms with van der Waals surface area (Å²) in [5.41, 5.74) is 0.869. The van der Waals surface area contributed by atoms with Crippen LogP contribution >= 0.6 is 11.8 Å². The number of rotatable bonds is 4. The molecule has 0 unspecified atom stereocenters. The van der Waals surface area contributed by atoms with Gasteiger partial charge in [-0.05, 0) is 54.7 Å². The van der Waals surface area contributed by atoms with Crippen LogP contribution in [-0.2, 0) is 4.79 Å². The Labute approximate surface area is 178 Å². The van der Waals surface area contributed by atoms with Gasteiger partial charge in [-0.1, -0.05) is 37.7 Å². The highest BCUT2D eigenvalue weighted by Gasteiger charge is 2.26. The Morgan fingerprint density at radius 1 is 1.10 bits per heavy atom. The molecule has 1 amide bonds. The van der Waals surface area contributed by atoms with Crippen molar-refractivity contribution in [2.45, 2.75) is 25.4 Å². The highest BCUT2D eigenvalue weighted by Crippen LogP contribution is 2.25. The lowest BCUT2D eigenvalue weighted by Crippen LogP contribution is -2.43. The van der Waals surface area contributed by atoms with Crippen LogP contribution in [0.15, 0.2) is 58.5 Å². The van der Waals surface area contributed by atoms with Gasteiger partial charge in [-0.2, -0.15) is 0 Å². The zero-order valence-corrected chi connectivity index (χ0v) is 17.9. The van der Waals surface area contributed by atoms with E-state index in [-0.39, 0.29) is 23.0 Å². The summed E-state index contributed by atoms with van der Waals surface area (Å²) in [6, 6.07) is 12.8. The molecule has 0 aliphatic carbocycles. The zero-order valence-electron chi connectivity index (χ0n) is 17.0. The summed E-state index contributed by atoms with van der Waals surface area (Å²) >= 11 is 1.25. The summed E-state index contributed by atoms with van der Waals surface area (Å²) in [6.45, 7) is 5.86. The van der Waals surface area contributed by atoms with Crippen molar-refractivity contribution >= 4 is 28.6 Å². The van der Waals surface area contributed by atoms with Crippen molar-refractivity contribution in [3.63, 3.8) is 0 Å². The van der Waals surface area contributed by atoms with Gasteiger partial charge in [0.15, 0.2) is 5.16 Å². The molecule has 7 heteroatoms. The van der Waals surface area contributed by atoms with Gasteiger partial charge in [-0.25, -0.2) is 9.37 Å². The third-order valence-electron chi connectivity index (χ3n) is 5.38. The number of fused-ring (bicyclic) bond motifs is 1. The second kappa shape index (κ2) is 8.60. The third kappa shape index (κ3) is 4.26. The number of hydrogen-bond acceptors (Lipinski definition) is 4. The highest BCUT2D eigenvalue weighted by atomic mass is 32.2. The number of halogens is 1. The second-order valence-electron chi connectivity index (χ2n) is 8.06. The molecule has 0 radical (unpaired) electrons. The molecule has 156 valence electrons. The smallest absolute Gasteiger partial charge is 0.266 e. The maximum atomic E-state index is 13.4. The number of carbonyl (C=O) groups is 1. The van der Waals surface area contributed by atoms with Crippen LogP contribution in [0.1, 0.15) is 20.3 Å². The largest absolute Gasteiger partial charge is 0.341 e. The standard InChI is InChI=1S/C23H24FN3O2S/c1-15-11-16(2)13-26(12-15)21(28)14-30-23-25-20-6-4-3-5-19(20)22(29)27(23)18-9-7-17(24)8-10-18/h3-10,15-16H,11-14H2,1-2H3/t15-,16-/m0/s1. The Morgan fingerprint density at radius 3 is 2.47 bits per heavy atom. The lowest BCUT2D eigenvalue weighted by atomic mass is 9.92. The van der Waals surface area contributed by atoms with Gasteiger partial charge >= 0.3 is 0 Å². The predicted octanol–water partition coefficient (Wildman–Crippen LogP) is 4.12. The number of benzene rings is 2. The van der Waals surface area contributed by atoms with Crippen LogP contribution in [0.5, 0.6) is 0 Å². The first-order chi connectivity index (χ1) is 14.4. The Hall–Kier alpha value is -2.67. The third-order valence-corrected chi connectivity index (χ3v) is 6.30. The number of amides is 1. The normalized spacial score (nSPS) is 19.2. The maximum Gasteiger partial charge on any atom is 0.266 e. The van der Waals surface area contributed by atoms with Crippen molar-refractivity contribution in [3.05, 3.63) is 64.7 Å². The molecule has 30 heavy (non-hydrogen) atoms. The summed E-state index contributed by atoms with van der Waals surface area (Å²) < 4.78 is 14.9. The summed E-state index contributed by atoms with van der Waals surface area (Å²) in [5, 5.41) is 0.910. The van der Waals surface area contributed by atoms with Crippen LogP contribution in [0.25, 0.3) is 16.6 Å². The molecule has 1 saturated heterocycles. The first kappa shape index (κ1) is 20.6. The Morgan fingerprint density at radius 2 is 1.77 bits per heavy atom. The molecule has 2 aromatic carbocycles. The van der Waals surface area contributed by atoms with Crippen LogP contribution in [0.3, 0.4) is 0 Å². The Kier molecular flexibility index (Phi) is 5.90. The van der Waals surface area contributed by atoms with Crippen molar-refractivity contribution in [3.8, 4) is 5.69 Å². The molecule has 2 atom stereocenters. The molecule has 5 nitrogen and oxygen atoms in total. The number of likely N-dealkylation sites (tertiary alicyclic amines) is 1. The molecule has 1 aromatic heterocycles. The molecule has 4 rings (SSSR count). The van der Waals surface area contributed by atoms with Crippen molar-refractivity contribution in [1.82, 2.24) is 14.5 Å². The number of para-hydroxylation sites is 1. The number of thioether (sulfide) groups is 1. The van der Waals surface area contributed by atoms with E-state index in [1.165, 1.54) is 28.5 Å². The number of carbonyl (C=O) groups excluding carboxylic acids is 1. The monoisotopic (exact) mass is 425 g/mol. The van der Waals surface area contributed by atoms with E-state index in [9.17, 15) is 14.0 Å². The predicted molar refractivity (Wildman–Crippen MR) is 118 cm³/mol. The van der Waals surface area contributed by atoms with Gasteiger partial charge in [0.25, 0.3) is 5.56 Å². The van der Waals surface area contributed by atoms with Crippen molar-refractivity contribution in [2.75, 3.05) is 18.8 Å². The van der Waals surface area contributed by atoms with E-state index < -0.39 is 0 Å². The average Bonchev–Trinajstić information content (AvgIpc) is 2.72. The molecule has 0 spiro atoms. The van der Waals surface area contributed by atoms with Crippen LogP contribution in [0, 0.1) is 17.7 Å². The lowest BCUT2D eigenvalue weighted by Gasteiger charge is -2.35. The van der Waals surface area contributed by atoms with E-state index >= 15 is 0 Å². The summed E-state index contributed by atoms with van der Waals surface area (Å²) in [5.74, 6) is 0.841. The van der Waals surface area contributed by atoms with E-state index in [1.807, 2.05) is 11.0 Å². The van der Waals surface area contributed by atoms with Crippen LogP contribution in [-0.4, -0.2) is 39.2 Å². The molecule has 1 aliphatic heterocycles. The van der Waals surface area contributed by atoms with E-state index in [4.69, 9.17) is 0 Å². The molecule has 2 heterocycles. The molecule has 0 bridgehead atoms. The molecular weight excluding hydrogens is 401 g/mol. The molecule has 0 saturated carbocycles. The fourth-order valence-electron chi connectivity index (χ4n) is 4.11. The van der Waals surface area contributed by atoms with Crippen molar-refractivity contribution < 1.29 is 9.18 Å². The van der Waals surface area contributed by atoms with Crippen LogP contribution in [0.2, 0.25) is 0 Å². The molecule has 3 aromatic rings. The summed E-state index contributed by atoms with van der Waals surface area (Å²) in [6.07, 6.45) is 1.13. The van der Waals surface area contributed by atoms with Crippen molar-refractivity contribution in [2.24, 2.45) is 11.8 Å². The van der Waals surface area contributed by atoms with Gasteiger partial charge in [-0.3, -0.25) is 14.2 Å². The average molecular weight is 426 g/mol. The minimum absolute atomic E-state index is 0.0477. The summed E-state index contributed by atoms with van der Waals surface area (Å²) in [7, 11) is 0. The second-order valence-corrected chi connectivity index (χ2v) is 9.00. The quantitative estimate of drug-likeness (QED) is 0.466. The minimum atomic E-state index is -0.377. The number of hydrogen-bond donors (Lipinski definition) is 0. The molecular formula is C23H24FN3O2S. The van der Waals surface area contributed by atoms with Gasteiger partial charge in [0.05, 0.1) is 22.3 Å². The summed E-state index contributed by atoms with van der Waals surface area (Å²) in [4.78, 5) is 32.6. The van der Waals surface area contributed by atoms with Crippen molar-refractivity contribution in [1.29, 1.82) is 0 Å². The topological polar surface area (TPSA) is 55.2 Å². The molecule has 1 fully saturated rings. The minimum Gasteiger partial charge on any atom is -0.341 e. The first-order valence-corrected chi connectivity index (χ1v) is 11.1. The van der Waals surface area contributed by atoms with E-state index in [0.29, 0.717) is 33.6 Å². The fraction of sp³-hybridized carbons (Fsp3) is 0.348. The maximum absolute atomic E-state index is 13.4. The van der Waals surface area contributed by atoms with E-state index in [0.717, 1.165) is 19.5 Å². The van der Waals surface area contributed by atoms with Gasteiger partial charge < -0.3 is 4.90 Å². The van der Waals surface area contributed by atoms with Gasteiger partial charge in [0.1, 0.15) is 5.82 Å². The Bertz CT molecular complexity index is 1120. The van der Waals surface area contributed by atoms with Crippen LogP contribution in [0.4, 0.5) is 4.39 Å². The Balaban J connectivity index is 1.67. The molecule has 0 N–H and O–H groups in total. The first-order valence-electron chi connectivity index (χ1n) is 10.1. The number of aromatic nitrogens is 2. The molecule has 1 aliphatic rings. The van der Waals surface area contributed by atoms with Gasteiger partial charge in [0, 0.05) is 13.1 Å². The lowest BCUT2D eigenvalue weighted by molar-refractivity contribution is -0.130. The zero-order chi connectivity index (χ0) is 21.3. The van der Waals surface area contributed by atoms with Crippen LogP contribution < -0.4 is 5.56 Å². The van der Waals surface area contributed by atoms with Gasteiger partial charge in [0.2, 0.25) is 5.91 Å². The van der Waals surface area contributed by atoms with Gasteiger partial charge in [-0.15, -0.1) is 0 Å². The number of piperidine rings is 1. The fourth-order valence-corrected chi connectivity index (χ4v) is 5.03. The SMILES string of the molecule is C[C@H]1C[C@H](C)CN(C(=O)CSc2nc3ccccc3c(=O)n2-c2ccc(F)cc2)C1. The highest BCUT2D eigenvalue weighted by molar-refractivity contribution is 7.99.